The minimum Gasteiger partial charge on any atom is -0.485 e. The summed E-state index contributed by atoms with van der Waals surface area (Å²) >= 11 is 12.3. The van der Waals surface area contributed by atoms with Gasteiger partial charge in [-0.2, -0.15) is 0 Å². The van der Waals surface area contributed by atoms with Gasteiger partial charge in [0.1, 0.15) is 18.1 Å². The van der Waals surface area contributed by atoms with Crippen LogP contribution in [0.3, 0.4) is 0 Å². The summed E-state index contributed by atoms with van der Waals surface area (Å²) in [6.45, 7) is 4.01. The number of hydrogen-bond donors (Lipinski definition) is 1. The van der Waals surface area contributed by atoms with Crippen molar-refractivity contribution in [2.24, 2.45) is 7.05 Å². The molecule has 114 valence electrons. The molecule has 2 aromatic rings. The minimum atomic E-state index is 0.315. The van der Waals surface area contributed by atoms with Crippen molar-refractivity contribution in [1.82, 2.24) is 20.3 Å². The largest absolute Gasteiger partial charge is 0.485 e. The Morgan fingerprint density at radius 1 is 1.33 bits per heavy atom. The first-order chi connectivity index (χ1) is 10.1. The lowest BCUT2D eigenvalue weighted by Gasteiger charge is -2.13. The van der Waals surface area contributed by atoms with Crippen molar-refractivity contribution >= 4 is 23.2 Å². The summed E-state index contributed by atoms with van der Waals surface area (Å²) in [7, 11) is 1.81. The van der Waals surface area contributed by atoms with Gasteiger partial charge in [0.2, 0.25) is 0 Å². The Morgan fingerprint density at radius 2 is 2.14 bits per heavy atom. The average molecular weight is 329 g/mol. The van der Waals surface area contributed by atoms with Gasteiger partial charge in [0, 0.05) is 24.2 Å². The van der Waals surface area contributed by atoms with Crippen LogP contribution in [0.2, 0.25) is 10.0 Å². The number of nitrogens with one attached hydrogen (secondary N) is 1. The Hall–Kier alpha value is -1.30. The van der Waals surface area contributed by atoms with E-state index in [4.69, 9.17) is 27.9 Å². The molecule has 0 saturated carbocycles. The molecule has 7 heteroatoms. The first kappa shape index (κ1) is 16.1. The first-order valence-corrected chi connectivity index (χ1v) is 7.52. The number of hydrogen-bond acceptors (Lipinski definition) is 4. The standard InChI is InChI=1S/C14H18Cl2N4O/c1-3-4-17-7-10-5-11(15)6-13(16)14(10)21-9-12-8-20(2)19-18-12/h5-6,8,17H,3-4,7,9H2,1-2H3. The summed E-state index contributed by atoms with van der Waals surface area (Å²) in [5.74, 6) is 0.635. The second-order valence-corrected chi connectivity index (χ2v) is 5.57. The molecule has 0 atom stereocenters. The first-order valence-electron chi connectivity index (χ1n) is 6.76. The van der Waals surface area contributed by atoms with E-state index in [2.05, 4.69) is 22.6 Å². The van der Waals surface area contributed by atoms with Gasteiger partial charge in [-0.25, -0.2) is 0 Å². The van der Waals surface area contributed by atoms with Gasteiger partial charge >= 0.3 is 0 Å². The fourth-order valence-electron chi connectivity index (χ4n) is 1.91. The summed E-state index contributed by atoms with van der Waals surface area (Å²) in [6, 6.07) is 3.54. The zero-order chi connectivity index (χ0) is 15.2. The number of nitrogens with zero attached hydrogens (tertiary/aromatic N) is 3. The Labute approximate surface area is 134 Å². The van der Waals surface area contributed by atoms with Crippen molar-refractivity contribution in [1.29, 1.82) is 0 Å². The Morgan fingerprint density at radius 3 is 2.81 bits per heavy atom. The molecule has 0 aliphatic rings. The van der Waals surface area contributed by atoms with E-state index in [0.717, 1.165) is 24.2 Å². The number of halogens is 2. The van der Waals surface area contributed by atoms with Gasteiger partial charge in [0.15, 0.2) is 0 Å². The van der Waals surface area contributed by atoms with E-state index in [9.17, 15) is 0 Å². The van der Waals surface area contributed by atoms with Crippen LogP contribution in [-0.4, -0.2) is 21.5 Å². The highest BCUT2D eigenvalue weighted by atomic mass is 35.5. The molecule has 1 aromatic carbocycles. The van der Waals surface area contributed by atoms with Gasteiger partial charge in [-0.1, -0.05) is 35.3 Å². The highest BCUT2D eigenvalue weighted by Gasteiger charge is 2.12. The van der Waals surface area contributed by atoms with Crippen LogP contribution in [-0.2, 0) is 20.2 Å². The van der Waals surface area contributed by atoms with Gasteiger partial charge in [0.05, 0.1) is 11.2 Å². The van der Waals surface area contributed by atoms with E-state index in [1.54, 1.807) is 16.9 Å². The molecule has 0 spiro atoms. The Bertz CT molecular complexity index is 601. The third-order valence-corrected chi connectivity index (χ3v) is 3.34. The van der Waals surface area contributed by atoms with Crippen molar-refractivity contribution in [3.63, 3.8) is 0 Å². The predicted octanol–water partition coefficient (Wildman–Crippen LogP) is 3.20. The van der Waals surface area contributed by atoms with Crippen LogP contribution in [0.25, 0.3) is 0 Å². The number of aromatic nitrogens is 3. The number of rotatable bonds is 7. The van der Waals surface area contributed by atoms with E-state index in [1.165, 1.54) is 0 Å². The van der Waals surface area contributed by atoms with Crippen LogP contribution in [0.15, 0.2) is 18.3 Å². The number of aryl methyl sites for hydroxylation is 1. The molecule has 0 aliphatic carbocycles. The molecule has 0 aliphatic heterocycles. The van der Waals surface area contributed by atoms with Crippen LogP contribution < -0.4 is 10.1 Å². The summed E-state index contributed by atoms with van der Waals surface area (Å²) in [5, 5.41) is 12.3. The maximum Gasteiger partial charge on any atom is 0.143 e. The maximum absolute atomic E-state index is 6.24. The number of ether oxygens (including phenoxy) is 1. The van der Waals surface area contributed by atoms with Crippen molar-refractivity contribution in [3.8, 4) is 5.75 Å². The normalized spacial score (nSPS) is 10.9. The summed E-state index contributed by atoms with van der Waals surface area (Å²) in [5.41, 5.74) is 1.68. The van der Waals surface area contributed by atoms with Crippen LogP contribution in [0.4, 0.5) is 0 Å². The zero-order valence-electron chi connectivity index (χ0n) is 12.1. The Balaban J connectivity index is 2.12. The van der Waals surface area contributed by atoms with Crippen molar-refractivity contribution in [3.05, 3.63) is 39.6 Å². The molecule has 0 radical (unpaired) electrons. The molecule has 0 unspecified atom stereocenters. The van der Waals surface area contributed by atoms with E-state index in [-0.39, 0.29) is 0 Å². The van der Waals surface area contributed by atoms with Gasteiger partial charge in [-0.05, 0) is 25.1 Å². The van der Waals surface area contributed by atoms with Gasteiger partial charge in [-0.15, -0.1) is 5.10 Å². The lowest BCUT2D eigenvalue weighted by Crippen LogP contribution is -2.15. The number of benzene rings is 1. The third kappa shape index (κ3) is 4.59. The molecule has 0 saturated heterocycles. The van der Waals surface area contributed by atoms with Crippen LogP contribution in [0.5, 0.6) is 5.75 Å². The smallest absolute Gasteiger partial charge is 0.143 e. The predicted molar refractivity (Wildman–Crippen MR) is 83.8 cm³/mol. The third-order valence-electron chi connectivity index (χ3n) is 2.84. The summed E-state index contributed by atoms with van der Waals surface area (Å²) in [6.07, 6.45) is 2.86. The van der Waals surface area contributed by atoms with E-state index < -0.39 is 0 Å². The highest BCUT2D eigenvalue weighted by molar-refractivity contribution is 6.35. The second kappa shape index (κ2) is 7.64. The molecule has 0 bridgehead atoms. The van der Waals surface area contributed by atoms with E-state index >= 15 is 0 Å². The summed E-state index contributed by atoms with van der Waals surface area (Å²) in [4.78, 5) is 0. The van der Waals surface area contributed by atoms with E-state index in [0.29, 0.717) is 28.9 Å². The molecule has 2 rings (SSSR count). The van der Waals surface area contributed by atoms with E-state index in [1.807, 2.05) is 13.1 Å². The Kier molecular flexibility index (Phi) is 5.85. The molecule has 1 N–H and O–H groups in total. The minimum absolute atomic E-state index is 0.315. The molecular formula is C14H18Cl2N4O. The quantitative estimate of drug-likeness (QED) is 0.793. The molecular weight excluding hydrogens is 311 g/mol. The van der Waals surface area contributed by atoms with Gasteiger partial charge in [-0.3, -0.25) is 4.68 Å². The highest BCUT2D eigenvalue weighted by Crippen LogP contribution is 2.33. The lowest BCUT2D eigenvalue weighted by atomic mass is 10.2. The monoisotopic (exact) mass is 328 g/mol. The molecule has 0 amide bonds. The molecule has 1 aromatic heterocycles. The van der Waals surface area contributed by atoms with Gasteiger partial charge < -0.3 is 10.1 Å². The fraction of sp³-hybridized carbons (Fsp3) is 0.429. The van der Waals surface area contributed by atoms with Crippen molar-refractivity contribution in [2.45, 2.75) is 26.5 Å². The van der Waals surface area contributed by atoms with Gasteiger partial charge in [0.25, 0.3) is 0 Å². The van der Waals surface area contributed by atoms with Crippen LogP contribution in [0, 0.1) is 0 Å². The second-order valence-electron chi connectivity index (χ2n) is 4.72. The maximum atomic E-state index is 6.24. The SMILES string of the molecule is CCCNCc1cc(Cl)cc(Cl)c1OCc1cn(C)nn1. The van der Waals surface area contributed by atoms with Crippen molar-refractivity contribution < 1.29 is 4.74 Å². The van der Waals surface area contributed by atoms with Crippen molar-refractivity contribution in [2.75, 3.05) is 6.54 Å². The molecule has 21 heavy (non-hydrogen) atoms. The molecule has 5 nitrogen and oxygen atoms in total. The van der Waals surface area contributed by atoms with Crippen LogP contribution >= 0.6 is 23.2 Å². The average Bonchev–Trinajstić information content (AvgIpc) is 2.83. The molecule has 1 heterocycles. The fourth-order valence-corrected chi connectivity index (χ4v) is 2.50. The topological polar surface area (TPSA) is 52.0 Å². The summed E-state index contributed by atoms with van der Waals surface area (Å²) < 4.78 is 7.44. The zero-order valence-corrected chi connectivity index (χ0v) is 13.6. The lowest BCUT2D eigenvalue weighted by molar-refractivity contribution is 0.297. The molecule has 0 fully saturated rings. The van der Waals surface area contributed by atoms with Crippen LogP contribution in [0.1, 0.15) is 24.6 Å².